The number of methoxy groups -OCH3 is 1. The molecule has 26 heavy (non-hydrogen) atoms. The van der Waals surface area contributed by atoms with Crippen molar-refractivity contribution < 1.29 is 14.6 Å². The van der Waals surface area contributed by atoms with Gasteiger partial charge < -0.3 is 14.7 Å². The first kappa shape index (κ1) is 17.4. The van der Waals surface area contributed by atoms with E-state index in [1.165, 1.54) is 0 Å². The average molecular weight is 358 g/mol. The number of rotatable bonds is 3. The molecule has 3 heterocycles. The molecule has 7 heteroatoms. The van der Waals surface area contributed by atoms with Crippen molar-refractivity contribution in [3.8, 4) is 0 Å². The highest BCUT2D eigenvalue weighted by atomic mass is 16.5. The molecule has 140 valence electrons. The Balaban J connectivity index is 1.38. The SMILES string of the molecule is CO[C@@H]1C[C@H](C(=O)N2CCC(c3nnc4ccccn34)CC2)CC[C@@H]1O. The standard InChI is InChI=1S/C19H26N4O3/c1-26-16-12-14(5-6-15(16)24)19(25)22-10-7-13(8-11-22)18-21-20-17-4-2-3-9-23(17)18/h2-4,9,13-16,24H,5-8,10-12H2,1H3/t14-,15+,16-/m1/s1. The van der Waals surface area contributed by atoms with E-state index in [-0.39, 0.29) is 17.9 Å². The number of ether oxygens (including phenoxy) is 1. The molecule has 4 rings (SSSR count). The lowest BCUT2D eigenvalue weighted by Crippen LogP contribution is -2.45. The van der Waals surface area contributed by atoms with Crippen LogP contribution < -0.4 is 0 Å². The molecule has 1 saturated heterocycles. The van der Waals surface area contributed by atoms with E-state index < -0.39 is 6.10 Å². The first-order valence-corrected chi connectivity index (χ1v) is 9.46. The van der Waals surface area contributed by atoms with Crippen molar-refractivity contribution in [1.29, 1.82) is 0 Å². The Hall–Kier alpha value is -1.99. The molecule has 1 N–H and O–H groups in total. The third kappa shape index (κ3) is 3.21. The van der Waals surface area contributed by atoms with Gasteiger partial charge in [-0.1, -0.05) is 6.07 Å². The van der Waals surface area contributed by atoms with Gasteiger partial charge in [-0.25, -0.2) is 0 Å². The minimum Gasteiger partial charge on any atom is -0.390 e. The van der Waals surface area contributed by atoms with Crippen LogP contribution in [0.5, 0.6) is 0 Å². The topological polar surface area (TPSA) is 80.0 Å². The van der Waals surface area contributed by atoms with Crippen molar-refractivity contribution in [2.45, 2.75) is 50.2 Å². The van der Waals surface area contributed by atoms with Gasteiger partial charge in [0.15, 0.2) is 5.65 Å². The molecule has 0 bridgehead atoms. The molecule has 0 unspecified atom stereocenters. The number of amides is 1. The molecule has 2 aliphatic rings. The number of aliphatic hydroxyl groups is 1. The van der Waals surface area contributed by atoms with E-state index in [4.69, 9.17) is 4.74 Å². The lowest BCUT2D eigenvalue weighted by molar-refractivity contribution is -0.142. The van der Waals surface area contributed by atoms with Crippen LogP contribution in [0, 0.1) is 5.92 Å². The van der Waals surface area contributed by atoms with Crippen molar-refractivity contribution in [2.24, 2.45) is 5.92 Å². The summed E-state index contributed by atoms with van der Waals surface area (Å²) in [7, 11) is 1.61. The van der Waals surface area contributed by atoms with Crippen LogP contribution in [0.15, 0.2) is 24.4 Å². The first-order chi connectivity index (χ1) is 12.7. The third-order valence-electron chi connectivity index (χ3n) is 5.92. The Bertz CT molecular complexity index is 769. The first-order valence-electron chi connectivity index (χ1n) is 9.46. The molecule has 1 aliphatic carbocycles. The molecular weight excluding hydrogens is 332 g/mol. The number of piperidine rings is 1. The lowest BCUT2D eigenvalue weighted by Gasteiger charge is -2.37. The van der Waals surface area contributed by atoms with Gasteiger partial charge in [0.1, 0.15) is 5.82 Å². The maximum absolute atomic E-state index is 12.9. The summed E-state index contributed by atoms with van der Waals surface area (Å²) in [5, 5.41) is 18.6. The Kier molecular flexibility index (Phi) is 4.91. The molecule has 2 fully saturated rings. The summed E-state index contributed by atoms with van der Waals surface area (Å²) >= 11 is 0. The number of hydrogen-bond donors (Lipinski definition) is 1. The Morgan fingerprint density at radius 1 is 1.19 bits per heavy atom. The molecule has 3 atom stereocenters. The molecule has 0 spiro atoms. The second kappa shape index (κ2) is 7.32. The fourth-order valence-corrected chi connectivity index (χ4v) is 4.35. The number of aliphatic hydroxyl groups excluding tert-OH is 1. The minimum atomic E-state index is -0.448. The number of carbonyl (C=O) groups excluding carboxylic acids is 1. The maximum atomic E-state index is 12.9. The predicted octanol–water partition coefficient (Wildman–Crippen LogP) is 1.61. The van der Waals surface area contributed by atoms with E-state index in [1.807, 2.05) is 33.7 Å². The number of carbonyl (C=O) groups is 1. The highest BCUT2D eigenvalue weighted by Crippen LogP contribution is 2.31. The highest BCUT2D eigenvalue weighted by Gasteiger charge is 2.36. The van der Waals surface area contributed by atoms with Crippen molar-refractivity contribution >= 4 is 11.6 Å². The van der Waals surface area contributed by atoms with Crippen LogP contribution in [0.3, 0.4) is 0 Å². The van der Waals surface area contributed by atoms with Gasteiger partial charge in [-0.15, -0.1) is 10.2 Å². The number of aromatic nitrogens is 3. The van der Waals surface area contributed by atoms with Gasteiger partial charge in [0.2, 0.25) is 5.91 Å². The molecule has 0 radical (unpaired) electrons. The zero-order valence-electron chi connectivity index (χ0n) is 15.1. The van der Waals surface area contributed by atoms with Crippen molar-refractivity contribution in [3.05, 3.63) is 30.2 Å². The van der Waals surface area contributed by atoms with Gasteiger partial charge in [0, 0.05) is 38.2 Å². The quantitative estimate of drug-likeness (QED) is 0.902. The second-order valence-electron chi connectivity index (χ2n) is 7.44. The molecule has 2 aromatic rings. The van der Waals surface area contributed by atoms with E-state index in [2.05, 4.69) is 10.2 Å². The summed E-state index contributed by atoms with van der Waals surface area (Å²) in [4.78, 5) is 14.9. The van der Waals surface area contributed by atoms with Gasteiger partial charge in [0.25, 0.3) is 0 Å². The van der Waals surface area contributed by atoms with Crippen molar-refractivity contribution in [3.63, 3.8) is 0 Å². The summed E-state index contributed by atoms with van der Waals surface area (Å²) in [5.41, 5.74) is 0.868. The summed E-state index contributed by atoms with van der Waals surface area (Å²) in [6, 6.07) is 5.91. The molecule has 7 nitrogen and oxygen atoms in total. The van der Waals surface area contributed by atoms with Crippen LogP contribution in [0.4, 0.5) is 0 Å². The third-order valence-corrected chi connectivity index (χ3v) is 5.92. The van der Waals surface area contributed by atoms with E-state index in [0.29, 0.717) is 18.8 Å². The van der Waals surface area contributed by atoms with Gasteiger partial charge in [-0.3, -0.25) is 9.20 Å². The van der Waals surface area contributed by atoms with Gasteiger partial charge >= 0.3 is 0 Å². The van der Waals surface area contributed by atoms with Crippen LogP contribution in [0.1, 0.15) is 43.8 Å². The number of fused-ring (bicyclic) bond motifs is 1. The molecule has 1 aliphatic heterocycles. The lowest BCUT2D eigenvalue weighted by atomic mass is 9.83. The number of hydrogen-bond acceptors (Lipinski definition) is 5. The normalized spacial score (nSPS) is 27.8. The van der Waals surface area contributed by atoms with Gasteiger partial charge in [0.05, 0.1) is 12.2 Å². The van der Waals surface area contributed by atoms with Crippen LogP contribution in [-0.2, 0) is 9.53 Å². The zero-order valence-corrected chi connectivity index (χ0v) is 15.1. The van der Waals surface area contributed by atoms with Crippen LogP contribution in [-0.4, -0.2) is 62.9 Å². The summed E-state index contributed by atoms with van der Waals surface area (Å²) < 4.78 is 7.39. The van der Waals surface area contributed by atoms with E-state index in [1.54, 1.807) is 7.11 Å². The van der Waals surface area contributed by atoms with E-state index in [9.17, 15) is 9.90 Å². The van der Waals surface area contributed by atoms with Gasteiger partial charge in [-0.05, 0) is 44.2 Å². The number of likely N-dealkylation sites (tertiary alicyclic amines) is 1. The Labute approximate surface area is 153 Å². The molecule has 0 aromatic carbocycles. The van der Waals surface area contributed by atoms with Crippen molar-refractivity contribution in [1.82, 2.24) is 19.5 Å². The monoisotopic (exact) mass is 358 g/mol. The zero-order chi connectivity index (χ0) is 18.1. The molecule has 1 saturated carbocycles. The minimum absolute atomic E-state index is 0.0335. The fourth-order valence-electron chi connectivity index (χ4n) is 4.35. The summed E-state index contributed by atoms with van der Waals surface area (Å²) in [6.45, 7) is 1.50. The Morgan fingerprint density at radius 3 is 2.77 bits per heavy atom. The Morgan fingerprint density at radius 2 is 2.00 bits per heavy atom. The van der Waals surface area contributed by atoms with Crippen LogP contribution in [0.2, 0.25) is 0 Å². The van der Waals surface area contributed by atoms with E-state index >= 15 is 0 Å². The largest absolute Gasteiger partial charge is 0.390 e. The van der Waals surface area contributed by atoms with Crippen LogP contribution >= 0.6 is 0 Å². The smallest absolute Gasteiger partial charge is 0.225 e. The number of nitrogens with zero attached hydrogens (tertiary/aromatic N) is 4. The predicted molar refractivity (Wildman–Crippen MR) is 95.7 cm³/mol. The van der Waals surface area contributed by atoms with Crippen molar-refractivity contribution in [2.75, 3.05) is 20.2 Å². The van der Waals surface area contributed by atoms with Gasteiger partial charge in [-0.2, -0.15) is 0 Å². The second-order valence-corrected chi connectivity index (χ2v) is 7.44. The number of pyridine rings is 1. The molecule has 1 amide bonds. The molecule has 2 aromatic heterocycles. The van der Waals surface area contributed by atoms with Crippen LogP contribution in [0.25, 0.3) is 5.65 Å². The highest BCUT2D eigenvalue weighted by molar-refractivity contribution is 5.79. The average Bonchev–Trinajstić information content (AvgIpc) is 3.12. The summed E-state index contributed by atoms with van der Waals surface area (Å²) in [5.74, 6) is 1.50. The summed E-state index contributed by atoms with van der Waals surface area (Å²) in [6.07, 6.45) is 5.14. The fraction of sp³-hybridized carbons (Fsp3) is 0.632. The van der Waals surface area contributed by atoms with E-state index in [0.717, 1.165) is 43.8 Å². The molecular formula is C19H26N4O3. The maximum Gasteiger partial charge on any atom is 0.225 e.